The maximum atomic E-state index is 10.2. The predicted molar refractivity (Wildman–Crippen MR) is 203 cm³/mol. The summed E-state index contributed by atoms with van der Waals surface area (Å²) < 4.78 is 12.9. The molecule has 0 unspecified atom stereocenters. The van der Waals surface area contributed by atoms with Gasteiger partial charge in [0.1, 0.15) is 23.0 Å². The van der Waals surface area contributed by atoms with Gasteiger partial charge < -0.3 is 9.47 Å². The number of hydrogen-bond acceptors (Lipinski definition) is 3. The van der Waals surface area contributed by atoms with E-state index in [1.165, 1.54) is 5.56 Å². The minimum Gasteiger partial charge on any atom is -0.456 e. The van der Waals surface area contributed by atoms with Crippen molar-refractivity contribution in [3.63, 3.8) is 0 Å². The number of rotatable bonds is 2. The van der Waals surface area contributed by atoms with Gasteiger partial charge in [0.25, 0.3) is 0 Å². The van der Waals surface area contributed by atoms with E-state index in [9.17, 15) is 5.26 Å². The molecule has 2 heterocycles. The van der Waals surface area contributed by atoms with Crippen LogP contribution in [0.15, 0.2) is 152 Å². The van der Waals surface area contributed by atoms with E-state index in [1.54, 1.807) is 0 Å². The first-order chi connectivity index (χ1) is 24.8. The number of ether oxygens (including phenoxy) is 2. The lowest BCUT2D eigenvalue weighted by Crippen LogP contribution is -1.99. The Morgan fingerprint density at radius 2 is 0.800 bits per heavy atom. The fourth-order valence-corrected chi connectivity index (χ4v) is 8.42. The smallest absolute Gasteiger partial charge is 0.135 e. The molecule has 0 radical (unpaired) electrons. The molecule has 9 aromatic rings. The first kappa shape index (κ1) is 27.1. The number of benzene rings is 9. The monoisotopic (exact) mass is 635 g/mol. The second kappa shape index (κ2) is 10.1. The van der Waals surface area contributed by atoms with Gasteiger partial charge in [0.15, 0.2) is 0 Å². The molecule has 0 aromatic heterocycles. The summed E-state index contributed by atoms with van der Waals surface area (Å²) in [4.78, 5) is 0. The molecule has 0 bridgehead atoms. The largest absolute Gasteiger partial charge is 0.456 e. The Hall–Kier alpha value is -6.89. The Bertz CT molecular complexity index is 3000. The normalized spacial score (nSPS) is 12.3. The number of para-hydroxylation sites is 2. The fourth-order valence-electron chi connectivity index (χ4n) is 8.42. The summed E-state index contributed by atoms with van der Waals surface area (Å²) in [6.45, 7) is 0. The average Bonchev–Trinajstić information content (AvgIpc) is 3.17. The SMILES string of the molecule is N#Cc1ccc2c(-c3ccc4c5c(cccc35)Oc3ccccc3-4)c3ccccc3c(-c3ccc4c5c(cccc35)-c3ccccc3O4)c2c1. The van der Waals surface area contributed by atoms with Crippen molar-refractivity contribution in [1.29, 1.82) is 5.26 Å². The first-order valence-electron chi connectivity index (χ1n) is 16.8. The summed E-state index contributed by atoms with van der Waals surface area (Å²) in [6.07, 6.45) is 0. The van der Waals surface area contributed by atoms with E-state index in [4.69, 9.17) is 9.47 Å². The molecule has 3 heteroatoms. The third kappa shape index (κ3) is 3.62. The van der Waals surface area contributed by atoms with Crippen molar-refractivity contribution in [2.24, 2.45) is 0 Å². The van der Waals surface area contributed by atoms with Crippen LogP contribution in [0.4, 0.5) is 0 Å². The van der Waals surface area contributed by atoms with Gasteiger partial charge in [0, 0.05) is 21.9 Å². The van der Waals surface area contributed by atoms with Crippen LogP contribution in [0, 0.1) is 11.3 Å². The van der Waals surface area contributed by atoms with Crippen molar-refractivity contribution in [3.8, 4) is 73.6 Å². The Balaban J connectivity index is 1.26. The fraction of sp³-hybridized carbons (Fsp3) is 0. The van der Waals surface area contributed by atoms with Gasteiger partial charge in [-0.3, -0.25) is 0 Å². The van der Waals surface area contributed by atoms with Crippen LogP contribution < -0.4 is 9.47 Å². The van der Waals surface area contributed by atoms with Crippen molar-refractivity contribution >= 4 is 43.1 Å². The summed E-state index contributed by atoms with van der Waals surface area (Å²) in [5.74, 6) is 3.46. The molecule has 0 aliphatic carbocycles. The van der Waals surface area contributed by atoms with Gasteiger partial charge in [-0.15, -0.1) is 0 Å². The molecule has 230 valence electrons. The predicted octanol–water partition coefficient (Wildman–Crippen LogP) is 13.1. The van der Waals surface area contributed by atoms with Crippen molar-refractivity contribution in [3.05, 3.63) is 157 Å². The van der Waals surface area contributed by atoms with E-state index in [-0.39, 0.29) is 0 Å². The average molecular weight is 636 g/mol. The number of nitrogens with zero attached hydrogens (tertiary/aromatic N) is 1. The summed E-state index contributed by atoms with van der Waals surface area (Å²) in [5.41, 5.74) is 9.65. The molecule has 2 aliphatic heterocycles. The zero-order valence-electron chi connectivity index (χ0n) is 26.7. The highest BCUT2D eigenvalue weighted by Gasteiger charge is 2.26. The molecule has 0 amide bonds. The molecular formula is C47H25NO2. The Kier molecular flexibility index (Phi) is 5.45. The molecule has 9 aromatic carbocycles. The molecule has 11 rings (SSSR count). The molecule has 0 saturated heterocycles. The first-order valence-corrected chi connectivity index (χ1v) is 16.8. The minimum atomic E-state index is 0.627. The summed E-state index contributed by atoms with van der Waals surface area (Å²) in [7, 11) is 0. The second-order valence-electron chi connectivity index (χ2n) is 13.0. The van der Waals surface area contributed by atoms with Gasteiger partial charge in [-0.05, 0) is 108 Å². The van der Waals surface area contributed by atoms with Crippen LogP contribution in [-0.2, 0) is 0 Å². The lowest BCUT2D eigenvalue weighted by molar-refractivity contribution is 0.487. The molecule has 0 fully saturated rings. The highest BCUT2D eigenvalue weighted by atomic mass is 16.5. The quantitative estimate of drug-likeness (QED) is 0.178. The maximum Gasteiger partial charge on any atom is 0.135 e. The van der Waals surface area contributed by atoms with E-state index < -0.39 is 0 Å². The number of nitriles is 1. The van der Waals surface area contributed by atoms with Gasteiger partial charge in [-0.2, -0.15) is 5.26 Å². The van der Waals surface area contributed by atoms with Crippen molar-refractivity contribution in [2.45, 2.75) is 0 Å². The van der Waals surface area contributed by atoms with E-state index >= 15 is 0 Å². The van der Waals surface area contributed by atoms with Gasteiger partial charge in [-0.1, -0.05) is 109 Å². The van der Waals surface area contributed by atoms with Gasteiger partial charge in [0.2, 0.25) is 0 Å². The Morgan fingerprint density at radius 3 is 1.48 bits per heavy atom. The molecule has 0 atom stereocenters. The van der Waals surface area contributed by atoms with Crippen molar-refractivity contribution in [1.82, 2.24) is 0 Å². The van der Waals surface area contributed by atoms with Crippen LogP contribution in [0.3, 0.4) is 0 Å². The second-order valence-corrected chi connectivity index (χ2v) is 13.0. The molecule has 0 N–H and O–H groups in total. The third-order valence-electron chi connectivity index (χ3n) is 10.5. The van der Waals surface area contributed by atoms with Crippen LogP contribution in [0.1, 0.15) is 5.56 Å². The van der Waals surface area contributed by atoms with Crippen molar-refractivity contribution in [2.75, 3.05) is 0 Å². The van der Waals surface area contributed by atoms with Crippen LogP contribution in [0.25, 0.3) is 87.6 Å². The van der Waals surface area contributed by atoms with E-state index in [0.717, 1.165) is 105 Å². The summed E-state index contributed by atoms with van der Waals surface area (Å²) in [6, 6.07) is 55.4. The lowest BCUT2D eigenvalue weighted by atomic mass is 9.81. The van der Waals surface area contributed by atoms with E-state index in [2.05, 4.69) is 127 Å². The standard InChI is InChI=1S/C47H25NO2/c48-26-27-19-20-38-39(25-27)45(37-23-24-43-46-30(13-7-14-33(37)46)28-9-3-5-16-40(28)50-43)32-12-2-1-11-31(32)44(38)36-22-21-35-29-10-4-6-17-41(29)49-42-18-8-15-34(36)47(35)42/h1-25H. The molecule has 0 spiro atoms. The summed E-state index contributed by atoms with van der Waals surface area (Å²) in [5, 5.41) is 19.1. The van der Waals surface area contributed by atoms with Gasteiger partial charge in [0.05, 0.1) is 11.6 Å². The van der Waals surface area contributed by atoms with Crippen molar-refractivity contribution < 1.29 is 9.47 Å². The lowest BCUT2D eigenvalue weighted by Gasteiger charge is -2.25. The zero-order chi connectivity index (χ0) is 32.9. The van der Waals surface area contributed by atoms with Crippen LogP contribution in [0.2, 0.25) is 0 Å². The number of fused-ring (bicyclic) bond motifs is 6. The molecule has 0 saturated carbocycles. The highest BCUT2D eigenvalue weighted by Crippen LogP contribution is 2.53. The van der Waals surface area contributed by atoms with Gasteiger partial charge in [-0.25, -0.2) is 0 Å². The maximum absolute atomic E-state index is 10.2. The molecule has 50 heavy (non-hydrogen) atoms. The molecular weight excluding hydrogens is 611 g/mol. The van der Waals surface area contributed by atoms with E-state index in [0.29, 0.717) is 5.56 Å². The van der Waals surface area contributed by atoms with E-state index in [1.807, 2.05) is 30.3 Å². The van der Waals surface area contributed by atoms with Crippen LogP contribution in [-0.4, -0.2) is 0 Å². The highest BCUT2D eigenvalue weighted by molar-refractivity contribution is 6.27. The van der Waals surface area contributed by atoms with Crippen LogP contribution >= 0.6 is 0 Å². The third-order valence-corrected chi connectivity index (χ3v) is 10.5. The minimum absolute atomic E-state index is 0.627. The Morgan fingerprint density at radius 1 is 0.340 bits per heavy atom. The topological polar surface area (TPSA) is 42.2 Å². The van der Waals surface area contributed by atoms with Gasteiger partial charge >= 0.3 is 0 Å². The zero-order valence-corrected chi connectivity index (χ0v) is 26.7. The molecule has 2 aliphatic rings. The van der Waals surface area contributed by atoms with Crippen LogP contribution in [0.5, 0.6) is 23.0 Å². The Labute approximate surface area is 287 Å². The number of hydrogen-bond donors (Lipinski definition) is 0. The molecule has 3 nitrogen and oxygen atoms in total. The summed E-state index contributed by atoms with van der Waals surface area (Å²) >= 11 is 0.